The normalized spacial score (nSPS) is 31.1. The quantitative estimate of drug-likeness (QED) is 0.434. The maximum atomic E-state index is 14.4. The lowest BCUT2D eigenvalue weighted by molar-refractivity contribution is -0.142. The summed E-state index contributed by atoms with van der Waals surface area (Å²) < 4.78 is -1.27. The van der Waals surface area contributed by atoms with E-state index in [2.05, 4.69) is 10.6 Å². The zero-order chi connectivity index (χ0) is 27.2. The van der Waals surface area contributed by atoms with Crippen LogP contribution in [0.5, 0.6) is 0 Å². The van der Waals surface area contributed by atoms with Crippen molar-refractivity contribution >= 4 is 52.5 Å². The van der Waals surface area contributed by atoms with Crippen LogP contribution in [0.15, 0.2) is 54.6 Å². The highest BCUT2D eigenvalue weighted by Crippen LogP contribution is 2.71. The third-order valence-corrected chi connectivity index (χ3v) is 11.1. The van der Waals surface area contributed by atoms with Gasteiger partial charge in [0.15, 0.2) is 0 Å². The number of halogens is 1. The lowest BCUT2D eigenvalue weighted by Crippen LogP contribution is -2.56. The van der Waals surface area contributed by atoms with Gasteiger partial charge in [-0.1, -0.05) is 62.2 Å². The van der Waals surface area contributed by atoms with E-state index in [1.165, 1.54) is 0 Å². The maximum absolute atomic E-state index is 14.4. The van der Waals surface area contributed by atoms with Gasteiger partial charge >= 0.3 is 0 Å². The standard InChI is InChI=1S/C29H34ClN3O4S/c1-4-17(2)21(16-34)33-24(26(36)32-20-13-9-8-12-19(20)30)29-15-14-28(3,38-29)22(23(29)27(33)37)25(35)31-18-10-6-5-7-11-18/h5-13,17,21-24,34H,4,14-16H2,1-3H3,(H,31,35)(H,32,36)/t17-,21-,22+,23-,24?,28-,29?/m0/s1. The van der Waals surface area contributed by atoms with Gasteiger partial charge < -0.3 is 20.6 Å². The van der Waals surface area contributed by atoms with Crippen LogP contribution in [0.4, 0.5) is 11.4 Å². The Morgan fingerprint density at radius 2 is 1.79 bits per heavy atom. The van der Waals surface area contributed by atoms with Gasteiger partial charge in [0.05, 0.1) is 39.9 Å². The molecule has 3 saturated heterocycles. The molecule has 7 atom stereocenters. The Balaban J connectivity index is 1.56. The van der Waals surface area contributed by atoms with E-state index in [4.69, 9.17) is 11.6 Å². The highest BCUT2D eigenvalue weighted by atomic mass is 35.5. The lowest BCUT2D eigenvalue weighted by Gasteiger charge is -2.39. The molecule has 0 saturated carbocycles. The molecule has 3 aliphatic rings. The SMILES string of the molecule is CC[C@H](C)[C@H](CO)N1C(=O)[C@@H]2[C@H](C(=O)Nc3ccccc3)[C@]3(C)CCC2(S3)C1C(=O)Nc1ccccc1Cl. The number of nitrogens with zero attached hydrogens (tertiary/aromatic N) is 1. The first-order valence-corrected chi connectivity index (χ1v) is 14.4. The fourth-order valence-corrected chi connectivity index (χ4v) is 9.27. The minimum absolute atomic E-state index is 0.0378. The second kappa shape index (κ2) is 10.2. The molecule has 2 aromatic rings. The molecule has 9 heteroatoms. The Kier molecular flexibility index (Phi) is 7.26. The molecule has 202 valence electrons. The number of hydrogen-bond donors (Lipinski definition) is 3. The van der Waals surface area contributed by atoms with Crippen LogP contribution < -0.4 is 10.6 Å². The van der Waals surface area contributed by atoms with E-state index in [0.717, 1.165) is 6.42 Å². The molecule has 0 radical (unpaired) electrons. The van der Waals surface area contributed by atoms with Crippen LogP contribution >= 0.6 is 23.4 Å². The lowest BCUT2D eigenvalue weighted by atomic mass is 9.66. The van der Waals surface area contributed by atoms with Crippen molar-refractivity contribution in [2.24, 2.45) is 17.8 Å². The second-order valence-corrected chi connectivity index (χ2v) is 13.2. The van der Waals surface area contributed by atoms with E-state index >= 15 is 0 Å². The minimum atomic E-state index is -0.844. The van der Waals surface area contributed by atoms with Gasteiger partial charge in [-0.15, -0.1) is 11.8 Å². The molecule has 3 fully saturated rings. The molecule has 0 aliphatic carbocycles. The zero-order valence-electron chi connectivity index (χ0n) is 21.8. The number of aliphatic hydroxyl groups excluding tert-OH is 1. The van der Waals surface area contributed by atoms with Crippen LogP contribution in [-0.2, 0) is 14.4 Å². The van der Waals surface area contributed by atoms with Crippen LogP contribution in [0, 0.1) is 17.8 Å². The summed E-state index contributed by atoms with van der Waals surface area (Å²) in [4.78, 5) is 43.8. The molecular formula is C29H34ClN3O4S. The number of carbonyl (C=O) groups excluding carboxylic acids is 3. The molecule has 2 unspecified atom stereocenters. The van der Waals surface area contributed by atoms with E-state index < -0.39 is 33.4 Å². The number of nitrogens with one attached hydrogen (secondary N) is 2. The summed E-state index contributed by atoms with van der Waals surface area (Å²) in [6.45, 7) is 5.76. The van der Waals surface area contributed by atoms with Crippen LogP contribution in [0.2, 0.25) is 5.02 Å². The van der Waals surface area contributed by atoms with E-state index in [-0.39, 0.29) is 30.2 Å². The van der Waals surface area contributed by atoms with Crippen molar-refractivity contribution in [1.82, 2.24) is 4.90 Å². The summed E-state index contributed by atoms with van der Waals surface area (Å²) >= 11 is 7.97. The zero-order valence-corrected chi connectivity index (χ0v) is 23.4. The van der Waals surface area contributed by atoms with Gasteiger partial charge in [-0.3, -0.25) is 14.4 Å². The van der Waals surface area contributed by atoms with Gasteiger partial charge in [0.1, 0.15) is 6.04 Å². The number of benzene rings is 2. The molecule has 7 nitrogen and oxygen atoms in total. The Labute approximate surface area is 232 Å². The van der Waals surface area contributed by atoms with E-state index in [9.17, 15) is 19.5 Å². The Morgan fingerprint density at radius 3 is 2.45 bits per heavy atom. The Morgan fingerprint density at radius 1 is 1.11 bits per heavy atom. The van der Waals surface area contributed by atoms with Crippen molar-refractivity contribution in [2.45, 2.75) is 61.6 Å². The van der Waals surface area contributed by atoms with Crippen molar-refractivity contribution in [2.75, 3.05) is 17.2 Å². The average Bonchev–Trinajstić information content (AvgIpc) is 3.47. The highest BCUT2D eigenvalue weighted by Gasteiger charge is 2.77. The van der Waals surface area contributed by atoms with Crippen LogP contribution in [-0.4, -0.2) is 55.9 Å². The number of carbonyl (C=O) groups is 3. The summed E-state index contributed by atoms with van der Waals surface area (Å²) in [7, 11) is 0. The van der Waals surface area contributed by atoms with Gasteiger partial charge in [-0.25, -0.2) is 0 Å². The molecule has 2 bridgehead atoms. The van der Waals surface area contributed by atoms with E-state index in [1.54, 1.807) is 40.9 Å². The number of hydrogen-bond acceptors (Lipinski definition) is 5. The van der Waals surface area contributed by atoms with Crippen molar-refractivity contribution in [1.29, 1.82) is 0 Å². The molecule has 38 heavy (non-hydrogen) atoms. The first-order chi connectivity index (χ1) is 18.2. The van der Waals surface area contributed by atoms with Gasteiger partial charge in [-0.2, -0.15) is 0 Å². The Bertz CT molecular complexity index is 1250. The number of rotatable bonds is 8. The van der Waals surface area contributed by atoms with E-state index in [0.29, 0.717) is 29.2 Å². The summed E-state index contributed by atoms with van der Waals surface area (Å²) in [6.07, 6.45) is 2.08. The number of para-hydroxylation sites is 2. The van der Waals surface area contributed by atoms with E-state index in [1.807, 2.05) is 51.1 Å². The van der Waals surface area contributed by atoms with Gasteiger partial charge in [-0.05, 0) is 49.9 Å². The minimum Gasteiger partial charge on any atom is -0.394 e. The molecule has 3 N–H and O–H groups in total. The smallest absolute Gasteiger partial charge is 0.248 e. The van der Waals surface area contributed by atoms with Crippen molar-refractivity contribution in [3.8, 4) is 0 Å². The first kappa shape index (κ1) is 27.0. The number of fused-ring (bicyclic) bond motifs is 1. The molecule has 5 rings (SSSR count). The van der Waals surface area contributed by atoms with Gasteiger partial charge in [0.25, 0.3) is 0 Å². The summed E-state index contributed by atoms with van der Waals surface area (Å²) in [6, 6.07) is 14.8. The fraction of sp³-hybridized carbons (Fsp3) is 0.483. The molecule has 3 aliphatic heterocycles. The van der Waals surface area contributed by atoms with Gasteiger partial charge in [0.2, 0.25) is 17.7 Å². The summed E-state index contributed by atoms with van der Waals surface area (Å²) in [5.41, 5.74) is 1.14. The number of anilines is 2. The molecule has 3 heterocycles. The molecule has 2 aromatic carbocycles. The fourth-order valence-electron chi connectivity index (χ4n) is 6.74. The third kappa shape index (κ3) is 4.21. The maximum Gasteiger partial charge on any atom is 0.248 e. The monoisotopic (exact) mass is 555 g/mol. The predicted octanol–water partition coefficient (Wildman–Crippen LogP) is 4.81. The topological polar surface area (TPSA) is 98.7 Å². The first-order valence-electron chi connectivity index (χ1n) is 13.2. The largest absolute Gasteiger partial charge is 0.394 e. The molecular weight excluding hydrogens is 522 g/mol. The highest BCUT2D eigenvalue weighted by molar-refractivity contribution is 8.02. The predicted molar refractivity (Wildman–Crippen MR) is 151 cm³/mol. The average molecular weight is 556 g/mol. The van der Waals surface area contributed by atoms with Crippen molar-refractivity contribution in [3.05, 3.63) is 59.6 Å². The van der Waals surface area contributed by atoms with Gasteiger partial charge in [0, 0.05) is 10.4 Å². The van der Waals surface area contributed by atoms with Crippen LogP contribution in [0.3, 0.4) is 0 Å². The number of likely N-dealkylation sites (tertiary alicyclic amines) is 1. The Hall–Kier alpha value is -2.55. The summed E-state index contributed by atoms with van der Waals surface area (Å²) in [5.74, 6) is -2.09. The second-order valence-electron chi connectivity index (χ2n) is 10.9. The third-order valence-electron chi connectivity index (χ3n) is 8.76. The molecule has 1 spiro atoms. The van der Waals surface area contributed by atoms with Crippen molar-refractivity contribution < 1.29 is 19.5 Å². The number of aliphatic hydroxyl groups is 1. The van der Waals surface area contributed by atoms with Crippen LogP contribution in [0.1, 0.15) is 40.0 Å². The summed E-state index contributed by atoms with van der Waals surface area (Å²) in [5, 5.41) is 16.8. The number of amides is 3. The molecule has 0 aromatic heterocycles. The van der Waals surface area contributed by atoms with Crippen molar-refractivity contribution in [3.63, 3.8) is 0 Å². The van der Waals surface area contributed by atoms with Crippen LogP contribution in [0.25, 0.3) is 0 Å². The molecule has 3 amide bonds. The number of thioether (sulfide) groups is 1.